The van der Waals surface area contributed by atoms with Crippen LogP contribution in [0.1, 0.15) is 51.7 Å². The van der Waals surface area contributed by atoms with Crippen molar-refractivity contribution < 1.29 is 24.5 Å². The SMILES string of the molecule is Cc1ccc(OCCN2CCCC(C)C2)c(C(C)(C)C)c1.O=C(O)C(=O)O. The smallest absolute Gasteiger partial charge is 0.414 e. The summed E-state index contributed by atoms with van der Waals surface area (Å²) in [5, 5.41) is 14.8. The molecule has 1 atom stereocenters. The second kappa shape index (κ2) is 10.3. The van der Waals surface area contributed by atoms with Gasteiger partial charge in [0, 0.05) is 13.1 Å². The first kappa shape index (κ1) is 23.0. The third kappa shape index (κ3) is 8.43. The zero-order valence-electron chi connectivity index (χ0n) is 17.1. The summed E-state index contributed by atoms with van der Waals surface area (Å²) in [6.45, 7) is 15.5. The monoisotopic (exact) mass is 379 g/mol. The number of hydrogen-bond acceptors (Lipinski definition) is 4. The fourth-order valence-corrected chi connectivity index (χ4v) is 3.13. The molecule has 0 aliphatic carbocycles. The van der Waals surface area contributed by atoms with Gasteiger partial charge in [-0.15, -0.1) is 0 Å². The van der Waals surface area contributed by atoms with E-state index in [1.54, 1.807) is 0 Å². The van der Waals surface area contributed by atoms with E-state index in [0.29, 0.717) is 0 Å². The predicted octanol–water partition coefficient (Wildman–Crippen LogP) is 3.56. The Balaban J connectivity index is 0.000000527. The van der Waals surface area contributed by atoms with Crippen molar-refractivity contribution in [2.45, 2.75) is 52.9 Å². The zero-order chi connectivity index (χ0) is 20.6. The molecule has 0 amide bonds. The summed E-state index contributed by atoms with van der Waals surface area (Å²) in [7, 11) is 0. The van der Waals surface area contributed by atoms with Crippen molar-refractivity contribution in [1.29, 1.82) is 0 Å². The molecule has 0 spiro atoms. The summed E-state index contributed by atoms with van der Waals surface area (Å²) in [6.07, 6.45) is 2.71. The lowest BCUT2D eigenvalue weighted by Crippen LogP contribution is -2.37. The number of likely N-dealkylation sites (tertiary alicyclic amines) is 1. The summed E-state index contributed by atoms with van der Waals surface area (Å²) in [5.74, 6) is -1.76. The lowest BCUT2D eigenvalue weighted by molar-refractivity contribution is -0.159. The molecule has 152 valence electrons. The number of ether oxygens (including phenoxy) is 1. The molecule has 0 radical (unpaired) electrons. The molecule has 0 bridgehead atoms. The van der Waals surface area contributed by atoms with Crippen molar-refractivity contribution in [2.24, 2.45) is 5.92 Å². The van der Waals surface area contributed by atoms with Gasteiger partial charge in [0.1, 0.15) is 12.4 Å². The summed E-state index contributed by atoms with van der Waals surface area (Å²) in [6, 6.07) is 6.54. The van der Waals surface area contributed by atoms with Crippen LogP contribution in [0.5, 0.6) is 5.75 Å². The number of carboxylic acids is 2. The van der Waals surface area contributed by atoms with Gasteiger partial charge in [0.25, 0.3) is 0 Å². The van der Waals surface area contributed by atoms with E-state index >= 15 is 0 Å². The van der Waals surface area contributed by atoms with Gasteiger partial charge in [0.05, 0.1) is 0 Å². The van der Waals surface area contributed by atoms with Gasteiger partial charge in [-0.05, 0) is 49.3 Å². The van der Waals surface area contributed by atoms with E-state index in [1.165, 1.54) is 37.1 Å². The van der Waals surface area contributed by atoms with Crippen LogP contribution in [0.15, 0.2) is 18.2 Å². The molecule has 1 aromatic carbocycles. The van der Waals surface area contributed by atoms with Crippen LogP contribution >= 0.6 is 0 Å². The number of benzene rings is 1. The number of carboxylic acid groups (broad SMARTS) is 2. The molecular weight excluding hydrogens is 346 g/mol. The molecule has 2 rings (SSSR count). The third-order valence-electron chi connectivity index (χ3n) is 4.53. The Labute approximate surface area is 162 Å². The van der Waals surface area contributed by atoms with Crippen LogP contribution in [-0.2, 0) is 15.0 Å². The lowest BCUT2D eigenvalue weighted by atomic mass is 9.85. The molecule has 6 heteroatoms. The normalized spacial score (nSPS) is 17.6. The van der Waals surface area contributed by atoms with E-state index in [4.69, 9.17) is 24.5 Å². The van der Waals surface area contributed by atoms with Gasteiger partial charge in [0.2, 0.25) is 0 Å². The maximum atomic E-state index is 9.10. The predicted molar refractivity (Wildman–Crippen MR) is 105 cm³/mol. The summed E-state index contributed by atoms with van der Waals surface area (Å²) in [5.41, 5.74) is 2.74. The molecule has 0 saturated carbocycles. The highest BCUT2D eigenvalue weighted by atomic mass is 16.5. The first-order valence-electron chi connectivity index (χ1n) is 9.43. The van der Waals surface area contributed by atoms with E-state index in [9.17, 15) is 0 Å². The highest BCUT2D eigenvalue weighted by molar-refractivity contribution is 6.27. The molecule has 1 aromatic rings. The van der Waals surface area contributed by atoms with Gasteiger partial charge in [-0.3, -0.25) is 4.90 Å². The second-order valence-electron chi connectivity index (χ2n) is 8.26. The maximum Gasteiger partial charge on any atom is 0.414 e. The Kier molecular flexibility index (Phi) is 8.76. The second-order valence-corrected chi connectivity index (χ2v) is 8.26. The number of carbonyl (C=O) groups is 2. The van der Waals surface area contributed by atoms with Crippen LogP contribution in [0.4, 0.5) is 0 Å². The van der Waals surface area contributed by atoms with E-state index in [2.05, 4.69) is 57.7 Å². The minimum absolute atomic E-state index is 0.126. The Morgan fingerprint density at radius 3 is 2.37 bits per heavy atom. The molecular formula is C21H33NO5. The van der Waals surface area contributed by atoms with Gasteiger partial charge >= 0.3 is 11.9 Å². The average Bonchev–Trinajstić information content (AvgIpc) is 2.56. The quantitative estimate of drug-likeness (QED) is 0.778. The van der Waals surface area contributed by atoms with Crippen molar-refractivity contribution in [1.82, 2.24) is 4.90 Å². The molecule has 6 nitrogen and oxygen atoms in total. The molecule has 1 fully saturated rings. The summed E-state index contributed by atoms with van der Waals surface area (Å²) in [4.78, 5) is 20.7. The van der Waals surface area contributed by atoms with E-state index in [1.807, 2.05) is 0 Å². The fraction of sp³-hybridized carbons (Fsp3) is 0.619. The van der Waals surface area contributed by atoms with Crippen LogP contribution in [-0.4, -0.2) is 53.3 Å². The van der Waals surface area contributed by atoms with E-state index in [0.717, 1.165) is 24.8 Å². The number of rotatable bonds is 4. The number of hydrogen-bond donors (Lipinski definition) is 2. The fourth-order valence-electron chi connectivity index (χ4n) is 3.13. The van der Waals surface area contributed by atoms with Crippen LogP contribution in [0.3, 0.4) is 0 Å². The number of aliphatic carboxylic acids is 2. The van der Waals surface area contributed by atoms with Gasteiger partial charge in [-0.25, -0.2) is 9.59 Å². The van der Waals surface area contributed by atoms with Crippen LogP contribution in [0.25, 0.3) is 0 Å². The Hall–Kier alpha value is -2.08. The average molecular weight is 379 g/mol. The third-order valence-corrected chi connectivity index (χ3v) is 4.53. The van der Waals surface area contributed by atoms with Gasteiger partial charge in [-0.2, -0.15) is 0 Å². The molecule has 1 saturated heterocycles. The van der Waals surface area contributed by atoms with Crippen molar-refractivity contribution >= 4 is 11.9 Å². The molecule has 1 unspecified atom stereocenters. The standard InChI is InChI=1S/C19H31NO.C2H2O4/c1-15-8-9-18(17(13-15)19(3,4)5)21-12-11-20-10-6-7-16(2)14-20;3-1(4)2(5)6/h8-9,13,16H,6-7,10-12,14H2,1-5H3;(H,3,4)(H,5,6). The maximum absolute atomic E-state index is 9.10. The first-order valence-corrected chi connectivity index (χ1v) is 9.43. The van der Waals surface area contributed by atoms with Gasteiger partial charge in [-0.1, -0.05) is 45.4 Å². The van der Waals surface area contributed by atoms with Crippen molar-refractivity contribution in [2.75, 3.05) is 26.2 Å². The molecule has 1 aliphatic heterocycles. The number of nitrogens with zero attached hydrogens (tertiary/aromatic N) is 1. The highest BCUT2D eigenvalue weighted by Gasteiger charge is 2.20. The molecule has 0 aromatic heterocycles. The Morgan fingerprint density at radius 2 is 1.85 bits per heavy atom. The Bertz CT molecular complexity index is 624. The van der Waals surface area contributed by atoms with Crippen LogP contribution in [0, 0.1) is 12.8 Å². The minimum atomic E-state index is -1.82. The van der Waals surface area contributed by atoms with Gasteiger partial charge < -0.3 is 14.9 Å². The summed E-state index contributed by atoms with van der Waals surface area (Å²) < 4.78 is 6.11. The van der Waals surface area contributed by atoms with E-state index < -0.39 is 11.9 Å². The van der Waals surface area contributed by atoms with Crippen molar-refractivity contribution in [3.8, 4) is 5.75 Å². The summed E-state index contributed by atoms with van der Waals surface area (Å²) >= 11 is 0. The lowest BCUT2D eigenvalue weighted by Gasteiger charge is -2.31. The molecule has 27 heavy (non-hydrogen) atoms. The highest BCUT2D eigenvalue weighted by Crippen LogP contribution is 2.32. The van der Waals surface area contributed by atoms with E-state index in [-0.39, 0.29) is 5.41 Å². The van der Waals surface area contributed by atoms with Crippen molar-refractivity contribution in [3.63, 3.8) is 0 Å². The van der Waals surface area contributed by atoms with Crippen molar-refractivity contribution in [3.05, 3.63) is 29.3 Å². The number of aryl methyl sites for hydroxylation is 1. The Morgan fingerprint density at radius 1 is 1.22 bits per heavy atom. The zero-order valence-corrected chi connectivity index (χ0v) is 17.1. The minimum Gasteiger partial charge on any atom is -0.492 e. The molecule has 2 N–H and O–H groups in total. The van der Waals surface area contributed by atoms with Crippen LogP contribution < -0.4 is 4.74 Å². The van der Waals surface area contributed by atoms with Gasteiger partial charge in [0.15, 0.2) is 0 Å². The molecule has 1 heterocycles. The number of piperidine rings is 1. The molecule has 1 aliphatic rings. The largest absolute Gasteiger partial charge is 0.492 e. The van der Waals surface area contributed by atoms with Crippen LogP contribution in [0.2, 0.25) is 0 Å². The topological polar surface area (TPSA) is 87.1 Å². The first-order chi connectivity index (χ1) is 12.5.